The van der Waals surface area contributed by atoms with Crippen molar-refractivity contribution in [2.24, 2.45) is 0 Å². The van der Waals surface area contributed by atoms with Gasteiger partial charge >= 0.3 is 6.16 Å². The Bertz CT molecular complexity index is 478. The number of nitrogens with zero attached hydrogens (tertiary/aromatic N) is 1. The van der Waals surface area contributed by atoms with Crippen LogP contribution < -0.4 is 0 Å². The van der Waals surface area contributed by atoms with Gasteiger partial charge in [-0.25, -0.2) is 4.79 Å². The molecule has 104 valence electrons. The first-order valence-corrected chi connectivity index (χ1v) is 5.51. The molecule has 0 atom stereocenters. The summed E-state index contributed by atoms with van der Waals surface area (Å²) in [6, 6.07) is 11.9. The second-order valence-corrected chi connectivity index (χ2v) is 3.01. The molecule has 1 aromatic carbocycles. The smallest absolute Gasteiger partial charge is 0.450 e. The summed E-state index contributed by atoms with van der Waals surface area (Å²) in [4.78, 5) is 8.56. The summed E-state index contributed by atoms with van der Waals surface area (Å²) in [6.45, 7) is 6.70. The average Bonchev–Trinajstić information content (AvgIpc) is 2.44. The van der Waals surface area contributed by atoms with Crippen molar-refractivity contribution in [3.63, 3.8) is 0 Å². The van der Waals surface area contributed by atoms with Crippen LogP contribution in [-0.4, -0.2) is 16.4 Å². The number of hydrogen-bond donors (Lipinski definition) is 2. The summed E-state index contributed by atoms with van der Waals surface area (Å²) in [7, 11) is 0. The van der Waals surface area contributed by atoms with Crippen molar-refractivity contribution in [1.82, 2.24) is 0 Å². The van der Waals surface area contributed by atoms with Crippen LogP contribution in [0.1, 0.15) is 5.56 Å². The first kappa shape index (κ1) is 19.3. The van der Waals surface area contributed by atoms with E-state index in [4.69, 9.17) is 20.3 Å². The molecule has 1 aromatic rings. The van der Waals surface area contributed by atoms with Gasteiger partial charge in [0.2, 0.25) is 0 Å². The van der Waals surface area contributed by atoms with Gasteiger partial charge in [0.05, 0.1) is 6.07 Å². The molecule has 4 nitrogen and oxygen atoms in total. The number of carbonyl (C=O) groups is 1. The molecule has 0 unspecified atom stereocenters. The van der Waals surface area contributed by atoms with Crippen LogP contribution in [0.25, 0.3) is 6.08 Å². The van der Waals surface area contributed by atoms with E-state index in [2.05, 4.69) is 31.4 Å². The Morgan fingerprint density at radius 2 is 1.60 bits per heavy atom. The molecule has 0 aliphatic heterocycles. The molecule has 0 fully saturated rings. The van der Waals surface area contributed by atoms with E-state index in [1.54, 1.807) is 12.1 Å². The van der Waals surface area contributed by atoms with Gasteiger partial charge in [-0.3, -0.25) is 0 Å². The monoisotopic (exact) mass is 271 g/mol. The molecule has 2 N–H and O–H groups in total. The lowest BCUT2D eigenvalue weighted by Gasteiger charge is -1.87. The van der Waals surface area contributed by atoms with Crippen LogP contribution in [0.5, 0.6) is 0 Å². The van der Waals surface area contributed by atoms with Crippen LogP contribution in [0.4, 0.5) is 4.79 Å². The molecule has 1 rings (SSSR count). The molecular weight excluding hydrogens is 254 g/mol. The van der Waals surface area contributed by atoms with Gasteiger partial charge in [-0.1, -0.05) is 73.9 Å². The molecule has 0 spiro atoms. The molecule has 0 heterocycles. The first-order valence-electron chi connectivity index (χ1n) is 5.51. The minimum atomic E-state index is -1.83. The van der Waals surface area contributed by atoms with Gasteiger partial charge in [-0.2, -0.15) is 5.26 Å². The maximum atomic E-state index is 8.56. The highest BCUT2D eigenvalue weighted by Crippen LogP contribution is 2.00. The van der Waals surface area contributed by atoms with E-state index < -0.39 is 6.16 Å². The molecule has 4 heteroatoms. The molecule has 0 amide bonds. The Hall–Kier alpha value is -3.06. The lowest BCUT2D eigenvalue weighted by atomic mass is 10.2. The Balaban J connectivity index is 0. The molecule has 0 saturated carbocycles. The van der Waals surface area contributed by atoms with Crippen molar-refractivity contribution >= 4 is 12.2 Å². The van der Waals surface area contributed by atoms with E-state index in [9.17, 15) is 0 Å². The third-order valence-electron chi connectivity index (χ3n) is 1.54. The van der Waals surface area contributed by atoms with Crippen molar-refractivity contribution in [3.8, 4) is 6.07 Å². The van der Waals surface area contributed by atoms with Crippen LogP contribution in [-0.2, 0) is 0 Å². The number of hydrogen-bond acceptors (Lipinski definition) is 2. The highest BCUT2D eigenvalue weighted by molar-refractivity contribution is 5.53. The number of carboxylic acid groups (broad SMARTS) is 2. The van der Waals surface area contributed by atoms with Crippen molar-refractivity contribution in [2.75, 3.05) is 0 Å². The summed E-state index contributed by atoms with van der Waals surface area (Å²) < 4.78 is 0. The Kier molecular flexibility index (Phi) is 15.4. The van der Waals surface area contributed by atoms with Gasteiger partial charge in [0.1, 0.15) is 0 Å². The largest absolute Gasteiger partial charge is 0.503 e. The molecule has 0 aliphatic carbocycles. The average molecular weight is 271 g/mol. The van der Waals surface area contributed by atoms with Crippen LogP contribution >= 0.6 is 0 Å². The van der Waals surface area contributed by atoms with E-state index >= 15 is 0 Å². The van der Waals surface area contributed by atoms with Gasteiger partial charge in [-0.15, -0.1) is 0 Å². The second-order valence-electron chi connectivity index (χ2n) is 3.01. The summed E-state index contributed by atoms with van der Waals surface area (Å²) in [6.07, 6.45) is 9.02. The van der Waals surface area contributed by atoms with Gasteiger partial charge < -0.3 is 10.2 Å². The van der Waals surface area contributed by atoms with Crippen molar-refractivity contribution in [3.05, 3.63) is 79.4 Å². The Morgan fingerprint density at radius 1 is 1.10 bits per heavy atom. The van der Waals surface area contributed by atoms with Crippen molar-refractivity contribution < 1.29 is 15.0 Å². The second kappa shape index (κ2) is 15.9. The number of allylic oxidation sites excluding steroid dienone is 5. The summed E-state index contributed by atoms with van der Waals surface area (Å²) in [5.41, 5.74) is 1.21. The van der Waals surface area contributed by atoms with Crippen LogP contribution in [0, 0.1) is 11.3 Å². The van der Waals surface area contributed by atoms with Crippen molar-refractivity contribution in [2.45, 2.75) is 0 Å². The molecule has 0 aromatic heterocycles. The minimum absolute atomic E-state index is 1.18. The Labute approximate surface area is 118 Å². The van der Waals surface area contributed by atoms with Crippen molar-refractivity contribution in [1.29, 1.82) is 5.26 Å². The minimum Gasteiger partial charge on any atom is -0.450 e. The molecule has 0 aliphatic rings. The number of rotatable bonds is 3. The maximum absolute atomic E-state index is 8.56. The van der Waals surface area contributed by atoms with Gasteiger partial charge in [0.15, 0.2) is 0 Å². The standard InChI is InChI=1S/C12H12.C3H3N.CH2O3/c1-2-3-4-6-9-12-10-7-5-8-11-12;1-2-3-4;2-1(3)4/h2-11H,1H2;2H,1H2;(H2,2,3,4). The van der Waals surface area contributed by atoms with E-state index in [0.717, 1.165) is 0 Å². The lowest BCUT2D eigenvalue weighted by Crippen LogP contribution is -1.81. The van der Waals surface area contributed by atoms with E-state index in [0.29, 0.717) is 0 Å². The van der Waals surface area contributed by atoms with Crippen LogP contribution in [0.2, 0.25) is 0 Å². The summed E-state index contributed by atoms with van der Waals surface area (Å²) in [5.74, 6) is 0. The number of benzene rings is 1. The van der Waals surface area contributed by atoms with Crippen LogP contribution in [0.3, 0.4) is 0 Å². The fraction of sp³-hybridized carbons (Fsp3) is 0. The molecule has 0 radical (unpaired) electrons. The fourth-order valence-corrected chi connectivity index (χ4v) is 0.874. The topological polar surface area (TPSA) is 81.3 Å². The molecule has 0 saturated heterocycles. The third kappa shape index (κ3) is 20.4. The highest BCUT2D eigenvalue weighted by Gasteiger charge is 1.78. The maximum Gasteiger partial charge on any atom is 0.503 e. The summed E-state index contributed by atoms with van der Waals surface area (Å²) in [5, 5.41) is 21.5. The Morgan fingerprint density at radius 3 is 2.00 bits per heavy atom. The highest BCUT2D eigenvalue weighted by atomic mass is 16.6. The quantitative estimate of drug-likeness (QED) is 0.632. The fourth-order valence-electron chi connectivity index (χ4n) is 0.874. The molecule has 20 heavy (non-hydrogen) atoms. The number of nitriles is 1. The first-order chi connectivity index (χ1) is 9.58. The molecular formula is C16H17NO3. The van der Waals surface area contributed by atoms with Gasteiger partial charge in [0.25, 0.3) is 0 Å². The van der Waals surface area contributed by atoms with Crippen LogP contribution in [0.15, 0.2) is 73.9 Å². The zero-order valence-electron chi connectivity index (χ0n) is 11.0. The summed E-state index contributed by atoms with van der Waals surface area (Å²) >= 11 is 0. The predicted octanol–water partition coefficient (Wildman–Crippen LogP) is 4.36. The molecule has 0 bridgehead atoms. The third-order valence-corrected chi connectivity index (χ3v) is 1.54. The van der Waals surface area contributed by atoms with E-state index in [1.807, 2.05) is 36.4 Å². The normalized spacial score (nSPS) is 8.55. The van der Waals surface area contributed by atoms with E-state index in [1.165, 1.54) is 11.6 Å². The van der Waals surface area contributed by atoms with Gasteiger partial charge in [-0.05, 0) is 5.56 Å². The predicted molar refractivity (Wildman–Crippen MR) is 81.3 cm³/mol. The van der Waals surface area contributed by atoms with E-state index in [-0.39, 0.29) is 0 Å². The zero-order valence-corrected chi connectivity index (χ0v) is 11.0. The zero-order chi connectivity index (χ0) is 15.6. The SMILES string of the molecule is C=CC#N.C=CC=CC=Cc1ccccc1.O=C(O)O. The van der Waals surface area contributed by atoms with Gasteiger partial charge in [0, 0.05) is 6.08 Å². The lowest BCUT2D eigenvalue weighted by molar-refractivity contribution is 0.137.